The molecule has 0 aliphatic heterocycles. The van der Waals surface area contributed by atoms with Crippen LogP contribution in [0.3, 0.4) is 0 Å². The van der Waals surface area contributed by atoms with Crippen molar-refractivity contribution in [1.29, 1.82) is 0 Å². The molecule has 2 N–H and O–H groups in total. The van der Waals surface area contributed by atoms with E-state index in [0.717, 1.165) is 17.3 Å². The van der Waals surface area contributed by atoms with Crippen LogP contribution in [0.1, 0.15) is 25.6 Å². The molecule has 0 saturated heterocycles. The molecule has 0 aliphatic carbocycles. The van der Waals surface area contributed by atoms with E-state index < -0.39 is 0 Å². The highest BCUT2D eigenvalue weighted by Crippen LogP contribution is 2.20. The first-order chi connectivity index (χ1) is 9.08. The lowest BCUT2D eigenvalue weighted by Gasteiger charge is -2.11. The van der Waals surface area contributed by atoms with Crippen molar-refractivity contribution < 1.29 is 4.39 Å². The molecule has 1 heterocycles. The number of anilines is 3. The van der Waals surface area contributed by atoms with Crippen LogP contribution in [0.2, 0.25) is 0 Å². The zero-order chi connectivity index (χ0) is 13.8. The Bertz CT molecular complexity index is 552. The monoisotopic (exact) mass is 260 g/mol. The van der Waals surface area contributed by atoms with Gasteiger partial charge >= 0.3 is 0 Å². The summed E-state index contributed by atoms with van der Waals surface area (Å²) in [5, 5.41) is 6.15. The lowest BCUT2D eigenvalue weighted by Crippen LogP contribution is -2.05. The van der Waals surface area contributed by atoms with Gasteiger partial charge in [-0.3, -0.25) is 0 Å². The van der Waals surface area contributed by atoms with Crippen molar-refractivity contribution >= 4 is 17.3 Å². The van der Waals surface area contributed by atoms with Crippen LogP contribution in [0.25, 0.3) is 0 Å². The van der Waals surface area contributed by atoms with Crippen LogP contribution >= 0.6 is 0 Å². The van der Waals surface area contributed by atoms with Gasteiger partial charge in [0.2, 0.25) is 0 Å². The molecule has 0 fully saturated rings. The second-order valence-electron chi connectivity index (χ2n) is 4.53. The Morgan fingerprint density at radius 3 is 2.26 bits per heavy atom. The quantitative estimate of drug-likeness (QED) is 0.883. The molecule has 100 valence electrons. The maximum Gasteiger partial charge on any atom is 0.136 e. The first-order valence-corrected chi connectivity index (χ1v) is 6.18. The molecule has 2 aromatic rings. The van der Waals surface area contributed by atoms with Gasteiger partial charge in [0.05, 0.1) is 0 Å². The summed E-state index contributed by atoms with van der Waals surface area (Å²) in [6.45, 7) is 4.08. The minimum Gasteiger partial charge on any atom is -0.373 e. The topological polar surface area (TPSA) is 49.8 Å². The van der Waals surface area contributed by atoms with E-state index in [9.17, 15) is 4.39 Å². The fraction of sp³-hybridized carbons (Fsp3) is 0.286. The molecule has 1 aromatic heterocycles. The third kappa shape index (κ3) is 3.40. The maximum atomic E-state index is 12.9. The van der Waals surface area contributed by atoms with Gasteiger partial charge in [-0.1, -0.05) is 13.8 Å². The van der Waals surface area contributed by atoms with Gasteiger partial charge in [0.25, 0.3) is 0 Å². The highest BCUT2D eigenvalue weighted by atomic mass is 19.1. The molecule has 0 amide bonds. The minimum absolute atomic E-state index is 0.238. The summed E-state index contributed by atoms with van der Waals surface area (Å²) in [6.07, 6.45) is 0. The molecule has 19 heavy (non-hydrogen) atoms. The van der Waals surface area contributed by atoms with Gasteiger partial charge in [0, 0.05) is 24.7 Å². The second kappa shape index (κ2) is 5.65. The average molecular weight is 260 g/mol. The van der Waals surface area contributed by atoms with Crippen molar-refractivity contribution in [2.45, 2.75) is 19.8 Å². The first-order valence-electron chi connectivity index (χ1n) is 6.18. The molecule has 0 atom stereocenters. The van der Waals surface area contributed by atoms with Crippen molar-refractivity contribution in [3.63, 3.8) is 0 Å². The Morgan fingerprint density at radius 1 is 1.05 bits per heavy atom. The van der Waals surface area contributed by atoms with Crippen molar-refractivity contribution in [3.05, 3.63) is 42.0 Å². The molecule has 0 unspecified atom stereocenters. The number of halogens is 1. The van der Waals surface area contributed by atoms with Gasteiger partial charge in [0.15, 0.2) is 0 Å². The van der Waals surface area contributed by atoms with E-state index in [1.54, 1.807) is 12.1 Å². The van der Waals surface area contributed by atoms with E-state index in [0.29, 0.717) is 5.82 Å². The summed E-state index contributed by atoms with van der Waals surface area (Å²) in [5.74, 6) is 2.18. The Kier molecular flexibility index (Phi) is 3.94. The van der Waals surface area contributed by atoms with Gasteiger partial charge < -0.3 is 10.6 Å². The molecule has 0 aliphatic rings. The standard InChI is InChI=1S/C14H17FN4/c1-9(2)14-18-12(16-3)8-13(19-14)17-11-6-4-10(15)5-7-11/h4-9H,1-3H3,(H2,16,17,18,19). The molecule has 0 spiro atoms. The number of nitrogens with zero attached hydrogens (tertiary/aromatic N) is 2. The van der Waals surface area contributed by atoms with Crippen LogP contribution in [0.5, 0.6) is 0 Å². The van der Waals surface area contributed by atoms with E-state index in [1.165, 1.54) is 12.1 Å². The number of rotatable bonds is 4. The number of aromatic nitrogens is 2. The second-order valence-corrected chi connectivity index (χ2v) is 4.53. The van der Waals surface area contributed by atoms with Gasteiger partial charge in [-0.15, -0.1) is 0 Å². The summed E-state index contributed by atoms with van der Waals surface area (Å²) in [6, 6.07) is 7.98. The van der Waals surface area contributed by atoms with Gasteiger partial charge in [-0.05, 0) is 24.3 Å². The zero-order valence-corrected chi connectivity index (χ0v) is 11.2. The smallest absolute Gasteiger partial charge is 0.136 e. The Balaban J connectivity index is 2.28. The number of benzene rings is 1. The van der Waals surface area contributed by atoms with Crippen molar-refractivity contribution in [3.8, 4) is 0 Å². The first kappa shape index (κ1) is 13.3. The lowest BCUT2D eigenvalue weighted by molar-refractivity contribution is 0.628. The van der Waals surface area contributed by atoms with Crippen molar-refractivity contribution in [2.24, 2.45) is 0 Å². The predicted octanol–water partition coefficient (Wildman–Crippen LogP) is 3.52. The van der Waals surface area contributed by atoms with E-state index in [-0.39, 0.29) is 11.7 Å². The number of nitrogens with one attached hydrogen (secondary N) is 2. The van der Waals surface area contributed by atoms with Crippen LogP contribution < -0.4 is 10.6 Å². The fourth-order valence-electron chi connectivity index (χ4n) is 1.60. The van der Waals surface area contributed by atoms with Crippen LogP contribution in [0.4, 0.5) is 21.7 Å². The number of hydrogen-bond donors (Lipinski definition) is 2. The van der Waals surface area contributed by atoms with Crippen LogP contribution in [0, 0.1) is 5.82 Å². The van der Waals surface area contributed by atoms with Crippen LogP contribution in [-0.4, -0.2) is 17.0 Å². The fourth-order valence-corrected chi connectivity index (χ4v) is 1.60. The van der Waals surface area contributed by atoms with Crippen molar-refractivity contribution in [1.82, 2.24) is 9.97 Å². The average Bonchev–Trinajstić information content (AvgIpc) is 2.41. The van der Waals surface area contributed by atoms with E-state index in [1.807, 2.05) is 27.0 Å². The lowest BCUT2D eigenvalue weighted by atomic mass is 10.2. The highest BCUT2D eigenvalue weighted by molar-refractivity contribution is 5.59. The molecule has 0 bridgehead atoms. The highest BCUT2D eigenvalue weighted by Gasteiger charge is 2.07. The third-order valence-electron chi connectivity index (χ3n) is 2.63. The molecule has 0 saturated carbocycles. The Labute approximate surface area is 112 Å². The van der Waals surface area contributed by atoms with Gasteiger partial charge in [-0.25, -0.2) is 14.4 Å². The van der Waals surface area contributed by atoms with E-state index in [4.69, 9.17) is 0 Å². The normalized spacial score (nSPS) is 10.6. The maximum absolute atomic E-state index is 12.9. The van der Waals surface area contributed by atoms with E-state index in [2.05, 4.69) is 20.6 Å². The van der Waals surface area contributed by atoms with Crippen LogP contribution in [-0.2, 0) is 0 Å². The Hall–Kier alpha value is -2.17. The molecular formula is C14H17FN4. The third-order valence-corrected chi connectivity index (χ3v) is 2.63. The van der Waals surface area contributed by atoms with Gasteiger partial charge in [-0.2, -0.15) is 0 Å². The SMILES string of the molecule is CNc1cc(Nc2ccc(F)cc2)nc(C(C)C)n1. The zero-order valence-electron chi connectivity index (χ0n) is 11.2. The van der Waals surface area contributed by atoms with E-state index >= 15 is 0 Å². The molecule has 1 aromatic carbocycles. The molecule has 2 rings (SSSR count). The summed E-state index contributed by atoms with van der Waals surface area (Å²) >= 11 is 0. The molecule has 4 nitrogen and oxygen atoms in total. The van der Waals surface area contributed by atoms with Crippen LogP contribution in [0.15, 0.2) is 30.3 Å². The predicted molar refractivity (Wildman–Crippen MR) is 75.4 cm³/mol. The molecule has 5 heteroatoms. The summed E-state index contributed by atoms with van der Waals surface area (Å²) in [4.78, 5) is 8.83. The largest absolute Gasteiger partial charge is 0.373 e. The van der Waals surface area contributed by atoms with Crippen molar-refractivity contribution in [2.75, 3.05) is 17.7 Å². The molecular weight excluding hydrogens is 243 g/mol. The summed E-state index contributed by atoms with van der Waals surface area (Å²) < 4.78 is 12.9. The summed E-state index contributed by atoms with van der Waals surface area (Å²) in [5.41, 5.74) is 0.789. The minimum atomic E-state index is -0.257. The Morgan fingerprint density at radius 2 is 1.68 bits per heavy atom. The number of hydrogen-bond acceptors (Lipinski definition) is 4. The van der Waals surface area contributed by atoms with Gasteiger partial charge in [0.1, 0.15) is 23.3 Å². The summed E-state index contributed by atoms with van der Waals surface area (Å²) in [7, 11) is 1.81. The molecule has 0 radical (unpaired) electrons.